The van der Waals surface area contributed by atoms with E-state index in [-0.39, 0.29) is 5.91 Å². The third-order valence-electron chi connectivity index (χ3n) is 2.54. The van der Waals surface area contributed by atoms with Crippen molar-refractivity contribution in [3.05, 3.63) is 47.5 Å². The molecule has 1 aromatic carbocycles. The van der Waals surface area contributed by atoms with Crippen LogP contribution in [-0.2, 0) is 0 Å². The average molecular weight is 309 g/mol. The molecule has 114 valence electrons. The standard InChI is InChI=1S/C15H21ClN4O/c1-3-9-19-15(17-4-2)20-11-10-18-14(21)12-7-5-6-8-13(12)16/h3,5-8H,1,4,9-11H2,2H3,(H,18,21)(H2,17,19,20). The second-order valence-electron chi connectivity index (χ2n) is 4.17. The van der Waals surface area contributed by atoms with Crippen LogP contribution < -0.4 is 16.0 Å². The second-order valence-corrected chi connectivity index (χ2v) is 4.57. The van der Waals surface area contributed by atoms with E-state index in [1.165, 1.54) is 0 Å². The Kier molecular flexibility index (Phi) is 7.97. The fourth-order valence-electron chi connectivity index (χ4n) is 1.59. The van der Waals surface area contributed by atoms with E-state index in [0.717, 1.165) is 6.54 Å². The number of halogens is 1. The predicted molar refractivity (Wildman–Crippen MR) is 88.0 cm³/mol. The normalized spacial score (nSPS) is 10.9. The van der Waals surface area contributed by atoms with E-state index in [9.17, 15) is 4.79 Å². The Balaban J connectivity index is 2.43. The second kappa shape index (κ2) is 9.83. The molecule has 0 atom stereocenters. The van der Waals surface area contributed by atoms with Crippen LogP contribution in [0.1, 0.15) is 17.3 Å². The first-order chi connectivity index (χ1) is 10.2. The Hall–Kier alpha value is -2.01. The minimum absolute atomic E-state index is 0.195. The first-order valence-corrected chi connectivity index (χ1v) is 7.22. The van der Waals surface area contributed by atoms with Gasteiger partial charge in [0.1, 0.15) is 0 Å². The summed E-state index contributed by atoms with van der Waals surface area (Å²) in [4.78, 5) is 16.3. The highest BCUT2D eigenvalue weighted by molar-refractivity contribution is 6.33. The molecule has 0 unspecified atom stereocenters. The summed E-state index contributed by atoms with van der Waals surface area (Å²) < 4.78 is 0. The summed E-state index contributed by atoms with van der Waals surface area (Å²) in [6.07, 6.45) is 1.76. The topological polar surface area (TPSA) is 65.5 Å². The number of benzene rings is 1. The monoisotopic (exact) mass is 308 g/mol. The van der Waals surface area contributed by atoms with Gasteiger partial charge in [-0.25, -0.2) is 0 Å². The van der Waals surface area contributed by atoms with Crippen LogP contribution in [0.5, 0.6) is 0 Å². The van der Waals surface area contributed by atoms with Crippen molar-refractivity contribution in [1.29, 1.82) is 0 Å². The van der Waals surface area contributed by atoms with Crippen LogP contribution in [0.4, 0.5) is 0 Å². The molecule has 0 aliphatic heterocycles. The molecule has 0 radical (unpaired) electrons. The van der Waals surface area contributed by atoms with Crippen LogP contribution in [0.2, 0.25) is 5.02 Å². The van der Waals surface area contributed by atoms with Crippen molar-refractivity contribution in [2.75, 3.05) is 26.2 Å². The largest absolute Gasteiger partial charge is 0.357 e. The van der Waals surface area contributed by atoms with E-state index in [1.807, 2.05) is 6.92 Å². The van der Waals surface area contributed by atoms with Gasteiger partial charge in [0.2, 0.25) is 0 Å². The van der Waals surface area contributed by atoms with Crippen LogP contribution in [-0.4, -0.2) is 38.0 Å². The Morgan fingerprint density at radius 1 is 1.33 bits per heavy atom. The molecule has 1 aromatic rings. The van der Waals surface area contributed by atoms with Gasteiger partial charge in [-0.05, 0) is 19.1 Å². The van der Waals surface area contributed by atoms with Crippen molar-refractivity contribution in [2.24, 2.45) is 4.99 Å². The van der Waals surface area contributed by atoms with Crippen molar-refractivity contribution in [1.82, 2.24) is 16.0 Å². The SMILES string of the molecule is C=CCNC(=NCCNC(=O)c1ccccc1Cl)NCC. The van der Waals surface area contributed by atoms with Gasteiger partial charge in [0.25, 0.3) is 5.91 Å². The van der Waals surface area contributed by atoms with Gasteiger partial charge in [-0.3, -0.25) is 9.79 Å². The molecule has 0 aliphatic rings. The van der Waals surface area contributed by atoms with Gasteiger partial charge in [0.15, 0.2) is 5.96 Å². The highest BCUT2D eigenvalue weighted by Gasteiger charge is 2.08. The summed E-state index contributed by atoms with van der Waals surface area (Å²) in [5.41, 5.74) is 0.472. The molecule has 0 fully saturated rings. The summed E-state index contributed by atoms with van der Waals surface area (Å²) in [5, 5.41) is 9.42. The van der Waals surface area contributed by atoms with Gasteiger partial charge in [-0.2, -0.15) is 0 Å². The van der Waals surface area contributed by atoms with E-state index in [0.29, 0.717) is 36.2 Å². The van der Waals surface area contributed by atoms with E-state index >= 15 is 0 Å². The smallest absolute Gasteiger partial charge is 0.252 e. The molecule has 1 amide bonds. The zero-order valence-electron chi connectivity index (χ0n) is 12.2. The lowest BCUT2D eigenvalue weighted by molar-refractivity contribution is 0.0955. The number of carbonyl (C=O) groups is 1. The van der Waals surface area contributed by atoms with Crippen LogP contribution in [0.3, 0.4) is 0 Å². The summed E-state index contributed by atoms with van der Waals surface area (Å²) in [7, 11) is 0. The lowest BCUT2D eigenvalue weighted by Gasteiger charge is -2.10. The third-order valence-corrected chi connectivity index (χ3v) is 2.87. The highest BCUT2D eigenvalue weighted by atomic mass is 35.5. The fourth-order valence-corrected chi connectivity index (χ4v) is 1.81. The van der Waals surface area contributed by atoms with Crippen molar-refractivity contribution < 1.29 is 4.79 Å². The fraction of sp³-hybridized carbons (Fsp3) is 0.333. The lowest BCUT2D eigenvalue weighted by Crippen LogP contribution is -2.38. The van der Waals surface area contributed by atoms with Gasteiger partial charge >= 0.3 is 0 Å². The summed E-state index contributed by atoms with van der Waals surface area (Å²) in [6.45, 7) is 7.95. The van der Waals surface area contributed by atoms with Crippen LogP contribution >= 0.6 is 11.6 Å². The van der Waals surface area contributed by atoms with E-state index in [2.05, 4.69) is 27.5 Å². The van der Waals surface area contributed by atoms with Crippen molar-refractivity contribution in [2.45, 2.75) is 6.92 Å². The van der Waals surface area contributed by atoms with Gasteiger partial charge < -0.3 is 16.0 Å². The first-order valence-electron chi connectivity index (χ1n) is 6.84. The number of rotatable bonds is 7. The molecule has 0 saturated heterocycles. The molecule has 0 heterocycles. The molecular weight excluding hydrogens is 288 g/mol. The van der Waals surface area contributed by atoms with Crippen LogP contribution in [0, 0.1) is 0 Å². The Morgan fingerprint density at radius 3 is 2.76 bits per heavy atom. The number of amides is 1. The van der Waals surface area contributed by atoms with Crippen LogP contribution in [0.15, 0.2) is 41.9 Å². The summed E-state index contributed by atoms with van der Waals surface area (Å²) in [6, 6.07) is 6.95. The van der Waals surface area contributed by atoms with Crippen molar-refractivity contribution >= 4 is 23.5 Å². The molecule has 0 spiro atoms. The maximum Gasteiger partial charge on any atom is 0.252 e. The number of nitrogens with one attached hydrogen (secondary N) is 3. The number of hydrogen-bond acceptors (Lipinski definition) is 2. The third kappa shape index (κ3) is 6.31. The molecular formula is C15H21ClN4O. The number of carbonyl (C=O) groups excluding carboxylic acids is 1. The van der Waals surface area contributed by atoms with E-state index in [1.54, 1.807) is 30.3 Å². The summed E-state index contributed by atoms with van der Waals surface area (Å²) >= 11 is 5.96. The van der Waals surface area contributed by atoms with E-state index in [4.69, 9.17) is 11.6 Å². The number of hydrogen-bond donors (Lipinski definition) is 3. The minimum Gasteiger partial charge on any atom is -0.357 e. The lowest BCUT2D eigenvalue weighted by atomic mass is 10.2. The van der Waals surface area contributed by atoms with Gasteiger partial charge in [-0.15, -0.1) is 6.58 Å². The molecule has 6 heteroatoms. The maximum absolute atomic E-state index is 11.9. The molecule has 0 aromatic heterocycles. The van der Waals surface area contributed by atoms with Gasteiger partial charge in [-0.1, -0.05) is 29.8 Å². The van der Waals surface area contributed by atoms with E-state index < -0.39 is 0 Å². The maximum atomic E-state index is 11.9. The molecule has 0 bridgehead atoms. The van der Waals surface area contributed by atoms with Crippen molar-refractivity contribution in [3.63, 3.8) is 0 Å². The molecule has 0 saturated carbocycles. The Labute approximate surface area is 130 Å². The average Bonchev–Trinajstić information content (AvgIpc) is 2.49. The number of aliphatic imine (C=N–C) groups is 1. The van der Waals surface area contributed by atoms with Gasteiger partial charge in [0.05, 0.1) is 17.1 Å². The first kappa shape index (κ1) is 17.0. The predicted octanol–water partition coefficient (Wildman–Crippen LogP) is 1.81. The number of guanidine groups is 1. The zero-order valence-corrected chi connectivity index (χ0v) is 12.9. The molecule has 3 N–H and O–H groups in total. The molecule has 21 heavy (non-hydrogen) atoms. The van der Waals surface area contributed by atoms with Crippen LogP contribution in [0.25, 0.3) is 0 Å². The Morgan fingerprint density at radius 2 is 2.10 bits per heavy atom. The highest BCUT2D eigenvalue weighted by Crippen LogP contribution is 2.14. The quantitative estimate of drug-likeness (QED) is 0.311. The minimum atomic E-state index is -0.195. The molecule has 1 rings (SSSR count). The van der Waals surface area contributed by atoms with Gasteiger partial charge in [0, 0.05) is 19.6 Å². The zero-order chi connectivity index (χ0) is 15.5. The van der Waals surface area contributed by atoms with Crippen molar-refractivity contribution in [3.8, 4) is 0 Å². The summed E-state index contributed by atoms with van der Waals surface area (Å²) in [5.74, 6) is 0.504. The Bertz CT molecular complexity index is 502. The number of nitrogens with zero attached hydrogens (tertiary/aromatic N) is 1. The molecule has 0 aliphatic carbocycles. The molecule has 5 nitrogen and oxygen atoms in total.